The minimum Gasteiger partial charge on any atom is -0.302 e. The summed E-state index contributed by atoms with van der Waals surface area (Å²) in [5.74, 6) is 1.79. The van der Waals surface area contributed by atoms with Gasteiger partial charge in [0.2, 0.25) is 0 Å². The van der Waals surface area contributed by atoms with Gasteiger partial charge in [-0.25, -0.2) is 0 Å². The second-order valence-electron chi connectivity index (χ2n) is 4.52. The van der Waals surface area contributed by atoms with E-state index < -0.39 is 0 Å². The van der Waals surface area contributed by atoms with E-state index in [1.165, 1.54) is 25.8 Å². The van der Waals surface area contributed by atoms with Crippen LogP contribution in [0, 0.1) is 11.8 Å². The molecule has 2 heterocycles. The predicted octanol–water partition coefficient (Wildman–Crippen LogP) is 1.33. The summed E-state index contributed by atoms with van der Waals surface area (Å²) in [6.45, 7) is 5.90. The lowest BCUT2D eigenvalue weighted by Gasteiger charge is -2.44. The van der Waals surface area contributed by atoms with E-state index in [-0.39, 0.29) is 0 Å². The molecule has 70 valence electrons. The zero-order chi connectivity index (χ0) is 8.55. The van der Waals surface area contributed by atoms with Gasteiger partial charge in [0.25, 0.3) is 0 Å². The highest BCUT2D eigenvalue weighted by atomic mass is 15.2. The molecule has 4 atom stereocenters. The van der Waals surface area contributed by atoms with E-state index in [1.54, 1.807) is 0 Å². The van der Waals surface area contributed by atoms with Gasteiger partial charge in [-0.05, 0) is 44.6 Å². The molecule has 2 aliphatic heterocycles. The van der Waals surface area contributed by atoms with Crippen LogP contribution in [0.4, 0.5) is 0 Å². The van der Waals surface area contributed by atoms with E-state index >= 15 is 0 Å². The van der Waals surface area contributed by atoms with Crippen LogP contribution in [0.15, 0.2) is 0 Å². The van der Waals surface area contributed by atoms with Gasteiger partial charge >= 0.3 is 0 Å². The van der Waals surface area contributed by atoms with Crippen molar-refractivity contribution in [2.45, 2.75) is 45.3 Å². The van der Waals surface area contributed by atoms with Crippen molar-refractivity contribution in [1.29, 1.82) is 0 Å². The molecule has 2 N–H and O–H groups in total. The van der Waals surface area contributed by atoms with E-state index in [0.717, 1.165) is 11.8 Å². The van der Waals surface area contributed by atoms with Crippen LogP contribution in [0.1, 0.15) is 33.1 Å². The summed E-state index contributed by atoms with van der Waals surface area (Å²) >= 11 is 0. The number of piperidine rings is 2. The van der Waals surface area contributed by atoms with Crippen LogP contribution >= 0.6 is 0 Å². The monoisotopic (exact) mass is 168 g/mol. The normalized spacial score (nSPS) is 48.5. The predicted molar refractivity (Wildman–Crippen MR) is 50.9 cm³/mol. The van der Waals surface area contributed by atoms with Crippen LogP contribution in [0.3, 0.4) is 0 Å². The van der Waals surface area contributed by atoms with Crippen LogP contribution in [0.5, 0.6) is 0 Å². The third-order valence-electron chi connectivity index (χ3n) is 3.43. The Kier molecular flexibility index (Phi) is 2.37. The second-order valence-corrected chi connectivity index (χ2v) is 4.52. The Morgan fingerprint density at radius 2 is 2.08 bits per heavy atom. The number of hydrogen-bond acceptors (Lipinski definition) is 2. The molecule has 12 heavy (non-hydrogen) atoms. The Balaban J connectivity index is 2.01. The molecule has 0 aliphatic carbocycles. The molecule has 0 spiro atoms. The zero-order valence-corrected chi connectivity index (χ0v) is 8.14. The molecule has 0 bridgehead atoms. The smallest absolute Gasteiger partial charge is 0.0605 e. The molecule has 0 aromatic heterocycles. The van der Waals surface area contributed by atoms with Crippen molar-refractivity contribution in [1.82, 2.24) is 10.6 Å². The van der Waals surface area contributed by atoms with Gasteiger partial charge < -0.3 is 5.32 Å². The van der Waals surface area contributed by atoms with E-state index in [0.29, 0.717) is 12.2 Å². The molecule has 0 aromatic rings. The molecule has 2 heteroatoms. The first kappa shape index (κ1) is 8.52. The Morgan fingerprint density at radius 3 is 2.92 bits per heavy atom. The lowest BCUT2D eigenvalue weighted by molar-refractivity contribution is 0.110. The second kappa shape index (κ2) is 3.35. The fraction of sp³-hybridized carbons (Fsp3) is 1.00. The highest BCUT2D eigenvalue weighted by Gasteiger charge is 2.34. The first-order valence-electron chi connectivity index (χ1n) is 5.27. The molecule has 2 aliphatic rings. The summed E-state index contributed by atoms with van der Waals surface area (Å²) in [6.07, 6.45) is 4.74. The average molecular weight is 168 g/mol. The maximum Gasteiger partial charge on any atom is 0.0605 e. The maximum atomic E-state index is 3.64. The summed E-state index contributed by atoms with van der Waals surface area (Å²) in [6, 6.07) is 0.701. The number of fused-ring (bicyclic) bond motifs is 1. The summed E-state index contributed by atoms with van der Waals surface area (Å²) in [5, 5.41) is 7.21. The SMILES string of the molecule is CC1CC(C)C2CCCNC2N1. The minimum absolute atomic E-state index is 0.609. The van der Waals surface area contributed by atoms with E-state index in [1.807, 2.05) is 0 Å². The first-order valence-corrected chi connectivity index (χ1v) is 5.27. The molecule has 4 unspecified atom stereocenters. The van der Waals surface area contributed by atoms with Crippen molar-refractivity contribution in [3.05, 3.63) is 0 Å². The molecule has 2 nitrogen and oxygen atoms in total. The van der Waals surface area contributed by atoms with Crippen molar-refractivity contribution in [3.63, 3.8) is 0 Å². The Hall–Kier alpha value is -0.0800. The molecular formula is C10H20N2. The first-order chi connectivity index (χ1) is 5.77. The van der Waals surface area contributed by atoms with Crippen LogP contribution in [-0.2, 0) is 0 Å². The molecule has 0 aromatic carbocycles. The summed E-state index contributed by atoms with van der Waals surface area (Å²) < 4.78 is 0. The topological polar surface area (TPSA) is 24.1 Å². The largest absolute Gasteiger partial charge is 0.302 e. The molecule has 0 saturated carbocycles. The van der Waals surface area contributed by atoms with Gasteiger partial charge in [0.05, 0.1) is 6.17 Å². The van der Waals surface area contributed by atoms with Crippen LogP contribution in [0.25, 0.3) is 0 Å². The van der Waals surface area contributed by atoms with Gasteiger partial charge in [0.1, 0.15) is 0 Å². The fourth-order valence-electron chi connectivity index (χ4n) is 2.82. The number of hydrogen-bond donors (Lipinski definition) is 2. The van der Waals surface area contributed by atoms with E-state index in [9.17, 15) is 0 Å². The van der Waals surface area contributed by atoms with Gasteiger partial charge in [0.15, 0.2) is 0 Å². The van der Waals surface area contributed by atoms with Crippen LogP contribution < -0.4 is 10.6 Å². The lowest BCUT2D eigenvalue weighted by atomic mass is 9.78. The minimum atomic E-state index is 0.609. The number of rotatable bonds is 0. The third-order valence-corrected chi connectivity index (χ3v) is 3.43. The van der Waals surface area contributed by atoms with Gasteiger partial charge in [-0.1, -0.05) is 6.92 Å². The maximum absolute atomic E-state index is 3.64. The van der Waals surface area contributed by atoms with E-state index in [4.69, 9.17) is 0 Å². The summed E-state index contributed by atoms with van der Waals surface area (Å²) in [4.78, 5) is 0. The number of nitrogens with one attached hydrogen (secondary N) is 2. The Bertz CT molecular complexity index is 158. The molecule has 2 fully saturated rings. The van der Waals surface area contributed by atoms with Gasteiger partial charge in [-0.3, -0.25) is 5.32 Å². The molecule has 2 rings (SSSR count). The average Bonchev–Trinajstić information content (AvgIpc) is 2.04. The summed E-state index contributed by atoms with van der Waals surface area (Å²) in [5.41, 5.74) is 0. The quantitative estimate of drug-likeness (QED) is 0.570. The zero-order valence-electron chi connectivity index (χ0n) is 8.14. The van der Waals surface area contributed by atoms with Gasteiger partial charge in [0, 0.05) is 6.04 Å². The molecule has 0 amide bonds. The Labute approximate surface area is 75.1 Å². The Morgan fingerprint density at radius 1 is 1.25 bits per heavy atom. The summed E-state index contributed by atoms with van der Waals surface area (Å²) in [7, 11) is 0. The standard InChI is InChI=1S/C10H20N2/c1-7-6-8(2)12-10-9(7)4-3-5-11-10/h7-12H,3-6H2,1-2H3. The van der Waals surface area contributed by atoms with Gasteiger partial charge in [-0.2, -0.15) is 0 Å². The molecular weight excluding hydrogens is 148 g/mol. The van der Waals surface area contributed by atoms with Crippen molar-refractivity contribution in [3.8, 4) is 0 Å². The lowest BCUT2D eigenvalue weighted by Crippen LogP contribution is -2.59. The van der Waals surface area contributed by atoms with Crippen molar-refractivity contribution in [2.24, 2.45) is 11.8 Å². The fourth-order valence-corrected chi connectivity index (χ4v) is 2.82. The van der Waals surface area contributed by atoms with E-state index in [2.05, 4.69) is 24.5 Å². The molecule has 2 saturated heterocycles. The van der Waals surface area contributed by atoms with Crippen LogP contribution in [-0.4, -0.2) is 18.8 Å². The highest BCUT2D eigenvalue weighted by molar-refractivity contribution is 4.89. The van der Waals surface area contributed by atoms with Crippen LogP contribution in [0.2, 0.25) is 0 Å². The van der Waals surface area contributed by atoms with Crippen molar-refractivity contribution < 1.29 is 0 Å². The van der Waals surface area contributed by atoms with Gasteiger partial charge in [-0.15, -0.1) is 0 Å². The highest BCUT2D eigenvalue weighted by Crippen LogP contribution is 2.30. The third kappa shape index (κ3) is 1.50. The van der Waals surface area contributed by atoms with Crippen molar-refractivity contribution >= 4 is 0 Å². The van der Waals surface area contributed by atoms with Crippen molar-refractivity contribution in [2.75, 3.05) is 6.54 Å². The molecule has 0 radical (unpaired) electrons.